The number of nitrogens with zero attached hydrogens (tertiary/aromatic N) is 3. The number of terminal acetylenes is 1. The van der Waals surface area contributed by atoms with E-state index in [1.165, 1.54) is 24.3 Å². The number of anilines is 1. The van der Waals surface area contributed by atoms with Crippen LogP contribution in [0.1, 0.15) is 42.5 Å². The SMILES string of the molecule is C#Cc1c(F)ccc2cc(O)cc(-c3ncc4c(N5CC6CCC(C5)N6)nc(C)c(C5(OC)CC5)c4c3F)c12. The minimum Gasteiger partial charge on any atom is -0.508 e. The van der Waals surface area contributed by atoms with Gasteiger partial charge in [-0.15, -0.1) is 6.42 Å². The summed E-state index contributed by atoms with van der Waals surface area (Å²) in [4.78, 5) is 11.8. The second-order valence-corrected chi connectivity index (χ2v) is 11.0. The van der Waals surface area contributed by atoms with Crippen molar-refractivity contribution in [2.45, 2.75) is 50.3 Å². The molecule has 0 radical (unpaired) electrons. The quantitative estimate of drug-likeness (QED) is 0.352. The standard InChI is InChI=1S/C31H28F2N4O2/c1-4-21-24(32)8-5-17-11-20(38)12-22(25(17)21)29-28(33)26-23(13-34-29)30(37-14-18-6-7-19(15-37)36-18)35-16(2)27(26)31(39-3)9-10-31/h1,5,8,11-13,18-19,36,38H,6-7,9-10,14-15H2,2-3H3. The van der Waals surface area contributed by atoms with E-state index in [2.05, 4.69) is 21.1 Å². The highest BCUT2D eigenvalue weighted by Crippen LogP contribution is 2.53. The van der Waals surface area contributed by atoms with Crippen LogP contribution in [0.25, 0.3) is 32.8 Å². The third-order valence-corrected chi connectivity index (χ3v) is 8.66. The maximum atomic E-state index is 17.0. The number of halogens is 2. The third kappa shape index (κ3) is 3.60. The number of benzene rings is 2. The molecule has 2 aromatic heterocycles. The van der Waals surface area contributed by atoms with Crippen molar-refractivity contribution in [3.63, 3.8) is 0 Å². The Bertz CT molecular complexity index is 1710. The number of hydrogen-bond acceptors (Lipinski definition) is 6. The van der Waals surface area contributed by atoms with Crippen molar-refractivity contribution in [3.8, 4) is 29.4 Å². The summed E-state index contributed by atoms with van der Waals surface area (Å²) in [6, 6.07) is 6.41. The molecule has 4 aromatic rings. The van der Waals surface area contributed by atoms with Gasteiger partial charge in [-0.3, -0.25) is 4.98 Å². The molecule has 8 heteroatoms. The molecule has 198 valence electrons. The number of phenolic OH excluding ortho intramolecular Hbond substituents is 1. The summed E-state index contributed by atoms with van der Waals surface area (Å²) in [7, 11) is 1.64. The number of phenols is 1. The van der Waals surface area contributed by atoms with E-state index < -0.39 is 17.2 Å². The van der Waals surface area contributed by atoms with E-state index in [1.807, 2.05) is 6.92 Å². The fourth-order valence-corrected chi connectivity index (χ4v) is 6.74. The first kappa shape index (κ1) is 24.3. The average Bonchev–Trinajstić information content (AvgIpc) is 3.65. The highest BCUT2D eigenvalue weighted by Gasteiger charge is 2.48. The summed E-state index contributed by atoms with van der Waals surface area (Å²) in [5, 5.41) is 16.0. The van der Waals surface area contributed by atoms with Gasteiger partial charge < -0.3 is 20.1 Å². The smallest absolute Gasteiger partial charge is 0.157 e. The molecule has 2 aromatic carbocycles. The van der Waals surface area contributed by atoms with Crippen molar-refractivity contribution in [3.05, 3.63) is 58.9 Å². The van der Waals surface area contributed by atoms with E-state index in [1.54, 1.807) is 13.3 Å². The molecule has 0 spiro atoms. The molecule has 2 bridgehead atoms. The first-order valence-corrected chi connectivity index (χ1v) is 13.3. The Morgan fingerprint density at radius 1 is 1.15 bits per heavy atom. The van der Waals surface area contributed by atoms with E-state index in [0.717, 1.165) is 50.0 Å². The summed E-state index contributed by atoms with van der Waals surface area (Å²) < 4.78 is 37.7. The Hall–Kier alpha value is -3.80. The highest BCUT2D eigenvalue weighted by atomic mass is 19.1. The average molecular weight is 527 g/mol. The van der Waals surface area contributed by atoms with Crippen LogP contribution in [-0.2, 0) is 10.3 Å². The third-order valence-electron chi connectivity index (χ3n) is 8.66. The van der Waals surface area contributed by atoms with Gasteiger partial charge in [-0.05, 0) is 56.2 Å². The van der Waals surface area contributed by atoms with Gasteiger partial charge in [0.05, 0.1) is 11.2 Å². The topological polar surface area (TPSA) is 70.5 Å². The molecule has 6 nitrogen and oxygen atoms in total. The predicted molar refractivity (Wildman–Crippen MR) is 147 cm³/mol. The van der Waals surface area contributed by atoms with Crippen molar-refractivity contribution in [1.29, 1.82) is 0 Å². The molecule has 2 aliphatic heterocycles. The highest BCUT2D eigenvalue weighted by molar-refractivity contribution is 6.04. The van der Waals surface area contributed by atoms with Gasteiger partial charge in [0.15, 0.2) is 5.82 Å². The maximum absolute atomic E-state index is 17.0. The number of nitrogens with one attached hydrogen (secondary N) is 1. The van der Waals surface area contributed by atoms with Crippen LogP contribution < -0.4 is 10.2 Å². The molecule has 2 N–H and O–H groups in total. The zero-order valence-electron chi connectivity index (χ0n) is 21.8. The normalized spacial score (nSPS) is 21.5. The van der Waals surface area contributed by atoms with Crippen molar-refractivity contribution in [2.75, 3.05) is 25.1 Å². The number of pyridine rings is 2. The molecule has 0 amide bonds. The van der Waals surface area contributed by atoms with Crippen LogP contribution in [0.2, 0.25) is 0 Å². The fraction of sp³-hybridized carbons (Fsp3) is 0.355. The van der Waals surface area contributed by atoms with Gasteiger partial charge >= 0.3 is 0 Å². The molecule has 4 heterocycles. The molecule has 3 fully saturated rings. The molecule has 1 saturated carbocycles. The Labute approximate surface area is 225 Å². The summed E-state index contributed by atoms with van der Waals surface area (Å²) in [6.07, 6.45) is 11.1. The lowest BCUT2D eigenvalue weighted by Gasteiger charge is -2.35. The zero-order chi connectivity index (χ0) is 27.1. The van der Waals surface area contributed by atoms with Crippen LogP contribution in [-0.4, -0.2) is 47.4 Å². The second-order valence-electron chi connectivity index (χ2n) is 11.0. The van der Waals surface area contributed by atoms with Gasteiger partial charge in [0.2, 0.25) is 0 Å². The second kappa shape index (κ2) is 8.60. The monoisotopic (exact) mass is 526 g/mol. The molecule has 39 heavy (non-hydrogen) atoms. The van der Waals surface area contributed by atoms with Gasteiger partial charge in [-0.2, -0.15) is 0 Å². The van der Waals surface area contributed by atoms with Crippen LogP contribution in [0.3, 0.4) is 0 Å². The molecule has 7 rings (SSSR count). The van der Waals surface area contributed by atoms with E-state index in [0.29, 0.717) is 39.4 Å². The van der Waals surface area contributed by atoms with Crippen molar-refractivity contribution < 1.29 is 18.6 Å². The fourth-order valence-electron chi connectivity index (χ4n) is 6.74. The molecular weight excluding hydrogens is 498 g/mol. The number of aromatic hydroxyl groups is 1. The number of hydrogen-bond donors (Lipinski definition) is 2. The zero-order valence-corrected chi connectivity index (χ0v) is 21.8. The molecule has 3 aliphatic rings. The van der Waals surface area contributed by atoms with Crippen LogP contribution in [0.15, 0.2) is 30.5 Å². The molecule has 2 saturated heterocycles. The van der Waals surface area contributed by atoms with Gasteiger partial charge in [0.1, 0.15) is 23.1 Å². The van der Waals surface area contributed by atoms with Crippen LogP contribution >= 0.6 is 0 Å². The largest absolute Gasteiger partial charge is 0.508 e. The summed E-state index contributed by atoms with van der Waals surface area (Å²) in [5.41, 5.74) is 1.05. The first-order valence-electron chi connectivity index (χ1n) is 13.3. The van der Waals surface area contributed by atoms with Crippen LogP contribution in [0.5, 0.6) is 5.75 Å². The number of fused-ring (bicyclic) bond motifs is 4. The summed E-state index contributed by atoms with van der Waals surface area (Å²) in [5.74, 6) is 1.88. The number of aryl methyl sites for hydroxylation is 1. The Morgan fingerprint density at radius 3 is 2.56 bits per heavy atom. The Morgan fingerprint density at radius 2 is 1.90 bits per heavy atom. The van der Waals surface area contributed by atoms with Gasteiger partial charge in [0.25, 0.3) is 0 Å². The number of aromatic nitrogens is 2. The van der Waals surface area contributed by atoms with Crippen LogP contribution in [0, 0.1) is 30.9 Å². The predicted octanol–water partition coefficient (Wildman–Crippen LogP) is 5.30. The number of methoxy groups -OCH3 is 1. The minimum absolute atomic E-state index is 0.00228. The first-order chi connectivity index (χ1) is 18.8. The van der Waals surface area contributed by atoms with Crippen molar-refractivity contribution >= 4 is 27.4 Å². The summed E-state index contributed by atoms with van der Waals surface area (Å²) >= 11 is 0. The number of ether oxygens (including phenoxy) is 1. The van der Waals surface area contributed by atoms with Gasteiger partial charge in [0, 0.05) is 71.5 Å². The Kier molecular flexibility index (Phi) is 5.35. The van der Waals surface area contributed by atoms with Crippen LogP contribution in [0.4, 0.5) is 14.6 Å². The molecular formula is C31H28F2N4O2. The minimum atomic E-state index is -0.618. The van der Waals surface area contributed by atoms with Crippen molar-refractivity contribution in [2.24, 2.45) is 0 Å². The van der Waals surface area contributed by atoms with Gasteiger partial charge in [-0.1, -0.05) is 12.0 Å². The molecule has 1 aliphatic carbocycles. The molecule has 2 unspecified atom stereocenters. The lowest BCUT2D eigenvalue weighted by molar-refractivity contribution is 0.0792. The maximum Gasteiger partial charge on any atom is 0.157 e. The Balaban J connectivity index is 1.54. The van der Waals surface area contributed by atoms with Gasteiger partial charge in [-0.25, -0.2) is 13.8 Å². The number of rotatable bonds is 4. The molecule has 2 atom stereocenters. The lowest BCUT2D eigenvalue weighted by Crippen LogP contribution is -2.51. The van der Waals surface area contributed by atoms with E-state index in [9.17, 15) is 9.50 Å². The van der Waals surface area contributed by atoms with Crippen molar-refractivity contribution in [1.82, 2.24) is 15.3 Å². The van der Waals surface area contributed by atoms with E-state index >= 15 is 4.39 Å². The lowest BCUT2D eigenvalue weighted by atomic mass is 9.93. The van der Waals surface area contributed by atoms with E-state index in [-0.39, 0.29) is 22.6 Å². The van der Waals surface area contributed by atoms with E-state index in [4.69, 9.17) is 16.1 Å². The number of piperazine rings is 1. The summed E-state index contributed by atoms with van der Waals surface area (Å²) in [6.45, 7) is 3.49.